The lowest BCUT2D eigenvalue weighted by Gasteiger charge is -2.31. The minimum absolute atomic E-state index is 0.0726. The van der Waals surface area contributed by atoms with E-state index in [4.69, 9.17) is 10.2 Å². The van der Waals surface area contributed by atoms with E-state index in [1.807, 2.05) is 0 Å². The lowest BCUT2D eigenvalue weighted by molar-refractivity contribution is 0.0429. The molecular weight excluding hydrogens is 220 g/mol. The Hall–Kier alpha value is -1.46. The first-order chi connectivity index (χ1) is 8.15. The summed E-state index contributed by atoms with van der Waals surface area (Å²) in [4.78, 5) is 14.7. The second kappa shape index (κ2) is 5.25. The van der Waals surface area contributed by atoms with E-state index in [9.17, 15) is 4.79 Å². The number of pyridine rings is 1. The number of carbonyl (C=O) groups is 1. The Morgan fingerprint density at radius 2 is 2.24 bits per heavy atom. The van der Waals surface area contributed by atoms with Gasteiger partial charge in [0.1, 0.15) is 5.69 Å². The third kappa shape index (κ3) is 3.25. The molecule has 17 heavy (non-hydrogen) atoms. The van der Waals surface area contributed by atoms with Crippen molar-refractivity contribution in [3.63, 3.8) is 0 Å². The predicted octanol–water partition coefficient (Wildman–Crippen LogP) is 0.640. The van der Waals surface area contributed by atoms with Gasteiger partial charge in [0.05, 0.1) is 11.8 Å². The molecule has 0 unspecified atom stereocenters. The zero-order chi connectivity index (χ0) is 12.3. The average Bonchev–Trinajstić information content (AvgIpc) is 2.27. The first kappa shape index (κ1) is 12.0. The van der Waals surface area contributed by atoms with Gasteiger partial charge in [-0.05, 0) is 37.4 Å². The van der Waals surface area contributed by atoms with Gasteiger partial charge in [0.2, 0.25) is 0 Å². The van der Waals surface area contributed by atoms with Crippen molar-refractivity contribution < 1.29 is 15.0 Å². The zero-order valence-electron chi connectivity index (χ0n) is 9.47. The van der Waals surface area contributed by atoms with Gasteiger partial charge in [0, 0.05) is 6.54 Å². The first-order valence-corrected chi connectivity index (χ1v) is 5.73. The monoisotopic (exact) mass is 236 g/mol. The number of carboxylic acid groups (broad SMARTS) is 1. The molecule has 0 radical (unpaired) electrons. The number of aliphatic hydroxyl groups excluding tert-OH is 1. The molecule has 0 spiro atoms. The summed E-state index contributed by atoms with van der Waals surface area (Å²) in [5, 5.41) is 21.1. The van der Waals surface area contributed by atoms with Crippen LogP contribution in [0, 0.1) is 5.92 Å². The van der Waals surface area contributed by atoms with Crippen LogP contribution < -0.4 is 5.32 Å². The smallest absolute Gasteiger partial charge is 0.354 e. The number of aromatic carboxylic acids is 1. The van der Waals surface area contributed by atoms with Gasteiger partial charge in [0.15, 0.2) is 0 Å². The molecule has 92 valence electrons. The molecule has 0 bridgehead atoms. The summed E-state index contributed by atoms with van der Waals surface area (Å²) in [6.45, 7) is 1.41. The Kier molecular flexibility index (Phi) is 3.71. The maximum absolute atomic E-state index is 10.7. The van der Waals surface area contributed by atoms with E-state index < -0.39 is 5.97 Å². The van der Waals surface area contributed by atoms with Crippen molar-refractivity contribution in [2.45, 2.75) is 25.5 Å². The number of nitrogens with zero attached hydrogens (tertiary/aromatic N) is 1. The molecule has 3 N–H and O–H groups in total. The van der Waals surface area contributed by atoms with Crippen LogP contribution in [0.15, 0.2) is 18.2 Å². The fourth-order valence-electron chi connectivity index (χ4n) is 1.97. The number of hydrogen-bond acceptors (Lipinski definition) is 4. The Morgan fingerprint density at radius 1 is 1.47 bits per heavy atom. The van der Waals surface area contributed by atoms with E-state index in [0.717, 1.165) is 25.1 Å². The fourth-order valence-corrected chi connectivity index (χ4v) is 1.97. The van der Waals surface area contributed by atoms with E-state index in [1.165, 1.54) is 6.07 Å². The van der Waals surface area contributed by atoms with Crippen molar-refractivity contribution in [2.75, 3.05) is 6.54 Å². The van der Waals surface area contributed by atoms with Crippen LogP contribution in [0.5, 0.6) is 0 Å². The highest BCUT2D eigenvalue weighted by Gasteiger charge is 2.26. The Bertz CT molecular complexity index is 402. The SMILES string of the molecule is O=C(O)c1cccc(CNCC2CC(O)C2)n1. The second-order valence-electron chi connectivity index (χ2n) is 4.44. The fraction of sp³-hybridized carbons (Fsp3) is 0.500. The summed E-state index contributed by atoms with van der Waals surface area (Å²) in [6.07, 6.45) is 1.58. The highest BCUT2D eigenvalue weighted by molar-refractivity contribution is 5.85. The molecule has 1 aromatic heterocycles. The maximum atomic E-state index is 10.7. The largest absolute Gasteiger partial charge is 0.477 e. The van der Waals surface area contributed by atoms with E-state index >= 15 is 0 Å². The van der Waals surface area contributed by atoms with Crippen molar-refractivity contribution in [1.29, 1.82) is 0 Å². The molecule has 0 aliphatic heterocycles. The van der Waals surface area contributed by atoms with E-state index in [2.05, 4.69) is 10.3 Å². The van der Waals surface area contributed by atoms with Gasteiger partial charge in [-0.15, -0.1) is 0 Å². The molecule has 0 saturated heterocycles. The van der Waals surface area contributed by atoms with E-state index in [0.29, 0.717) is 12.5 Å². The number of carboxylic acids is 1. The minimum Gasteiger partial charge on any atom is -0.477 e. The summed E-state index contributed by atoms with van der Waals surface area (Å²) >= 11 is 0. The van der Waals surface area contributed by atoms with Crippen molar-refractivity contribution in [3.05, 3.63) is 29.6 Å². The first-order valence-electron chi connectivity index (χ1n) is 5.73. The summed E-state index contributed by atoms with van der Waals surface area (Å²) in [7, 11) is 0. The molecule has 1 aliphatic carbocycles. The van der Waals surface area contributed by atoms with Gasteiger partial charge in [-0.1, -0.05) is 6.07 Å². The number of rotatable bonds is 5. The third-order valence-electron chi connectivity index (χ3n) is 2.98. The molecule has 1 fully saturated rings. The Morgan fingerprint density at radius 3 is 2.88 bits per heavy atom. The maximum Gasteiger partial charge on any atom is 0.354 e. The van der Waals surface area contributed by atoms with Crippen LogP contribution in [0.2, 0.25) is 0 Å². The van der Waals surface area contributed by atoms with Crippen LogP contribution in [0.3, 0.4) is 0 Å². The van der Waals surface area contributed by atoms with Crippen LogP contribution in [0.25, 0.3) is 0 Å². The molecule has 1 aliphatic rings. The quantitative estimate of drug-likeness (QED) is 0.699. The topological polar surface area (TPSA) is 82.5 Å². The van der Waals surface area contributed by atoms with Gasteiger partial charge < -0.3 is 15.5 Å². The zero-order valence-corrected chi connectivity index (χ0v) is 9.47. The average molecular weight is 236 g/mol. The summed E-state index contributed by atoms with van der Waals surface area (Å²) < 4.78 is 0. The molecule has 0 atom stereocenters. The molecular formula is C12H16N2O3. The van der Waals surface area contributed by atoms with Crippen LogP contribution in [0.4, 0.5) is 0 Å². The van der Waals surface area contributed by atoms with Crippen molar-refractivity contribution in [1.82, 2.24) is 10.3 Å². The standard InChI is InChI=1S/C12H16N2O3/c15-10-4-8(5-10)6-13-7-9-2-1-3-11(14-9)12(16)17/h1-3,8,10,13,15H,4-7H2,(H,16,17). The number of aliphatic hydroxyl groups is 1. The van der Waals surface area contributed by atoms with Gasteiger partial charge in [-0.25, -0.2) is 9.78 Å². The highest BCUT2D eigenvalue weighted by atomic mass is 16.4. The lowest BCUT2D eigenvalue weighted by atomic mass is 9.82. The summed E-state index contributed by atoms with van der Waals surface area (Å²) in [5.74, 6) is -0.471. The second-order valence-corrected chi connectivity index (χ2v) is 4.44. The molecule has 0 aromatic carbocycles. The minimum atomic E-state index is -1.01. The van der Waals surface area contributed by atoms with E-state index in [-0.39, 0.29) is 11.8 Å². The number of nitrogens with one attached hydrogen (secondary N) is 1. The Balaban J connectivity index is 1.78. The highest BCUT2D eigenvalue weighted by Crippen LogP contribution is 2.26. The number of aromatic nitrogens is 1. The van der Waals surface area contributed by atoms with Crippen LogP contribution in [0.1, 0.15) is 29.0 Å². The third-order valence-corrected chi connectivity index (χ3v) is 2.98. The van der Waals surface area contributed by atoms with Crippen LogP contribution in [-0.2, 0) is 6.54 Å². The van der Waals surface area contributed by atoms with Gasteiger partial charge in [-0.2, -0.15) is 0 Å². The van der Waals surface area contributed by atoms with Crippen LogP contribution >= 0.6 is 0 Å². The summed E-state index contributed by atoms with van der Waals surface area (Å²) in [5.41, 5.74) is 0.799. The van der Waals surface area contributed by atoms with Crippen molar-refractivity contribution in [2.24, 2.45) is 5.92 Å². The lowest BCUT2D eigenvalue weighted by Crippen LogP contribution is -2.36. The van der Waals surface area contributed by atoms with E-state index in [1.54, 1.807) is 12.1 Å². The molecule has 2 rings (SSSR count). The normalized spacial score (nSPS) is 23.1. The van der Waals surface area contributed by atoms with Gasteiger partial charge in [0.25, 0.3) is 0 Å². The van der Waals surface area contributed by atoms with Crippen molar-refractivity contribution in [3.8, 4) is 0 Å². The number of hydrogen-bond donors (Lipinski definition) is 3. The molecule has 5 heteroatoms. The molecule has 1 saturated carbocycles. The molecule has 1 heterocycles. The molecule has 1 aromatic rings. The van der Waals surface area contributed by atoms with Crippen LogP contribution in [-0.4, -0.2) is 33.8 Å². The molecule has 0 amide bonds. The Labute approximate surface area is 99.5 Å². The van der Waals surface area contributed by atoms with Gasteiger partial charge in [-0.3, -0.25) is 0 Å². The van der Waals surface area contributed by atoms with Crippen molar-refractivity contribution >= 4 is 5.97 Å². The van der Waals surface area contributed by atoms with Gasteiger partial charge >= 0.3 is 5.97 Å². The molecule has 5 nitrogen and oxygen atoms in total. The predicted molar refractivity (Wildman–Crippen MR) is 61.6 cm³/mol. The summed E-state index contributed by atoms with van der Waals surface area (Å²) in [6, 6.07) is 4.98.